The summed E-state index contributed by atoms with van der Waals surface area (Å²) >= 11 is 3.37. The predicted octanol–water partition coefficient (Wildman–Crippen LogP) is 2.65. The molecule has 1 aromatic heterocycles. The van der Waals surface area contributed by atoms with Crippen molar-refractivity contribution in [2.75, 3.05) is 0 Å². The van der Waals surface area contributed by atoms with E-state index in [9.17, 15) is 0 Å². The lowest BCUT2D eigenvalue weighted by atomic mass is 10.1. The van der Waals surface area contributed by atoms with Crippen molar-refractivity contribution in [2.45, 2.75) is 25.8 Å². The van der Waals surface area contributed by atoms with Crippen molar-refractivity contribution in [1.82, 2.24) is 4.98 Å². The van der Waals surface area contributed by atoms with Crippen molar-refractivity contribution < 1.29 is 0 Å². The molecule has 1 unspecified atom stereocenters. The van der Waals surface area contributed by atoms with Crippen LogP contribution in [-0.4, -0.2) is 4.98 Å². The van der Waals surface area contributed by atoms with E-state index in [1.165, 1.54) is 0 Å². The molecule has 0 saturated heterocycles. The fourth-order valence-electron chi connectivity index (χ4n) is 1.15. The topological polar surface area (TPSA) is 38.9 Å². The van der Waals surface area contributed by atoms with Crippen LogP contribution in [0.4, 0.5) is 0 Å². The van der Waals surface area contributed by atoms with Gasteiger partial charge in [-0.3, -0.25) is 4.98 Å². The van der Waals surface area contributed by atoms with Crippen LogP contribution in [0.5, 0.6) is 0 Å². The fraction of sp³-hybridized carbons (Fsp3) is 0.364. The summed E-state index contributed by atoms with van der Waals surface area (Å²) in [7, 11) is 0. The molecule has 1 heterocycles. The lowest BCUT2D eigenvalue weighted by molar-refractivity contribution is 0.664. The van der Waals surface area contributed by atoms with E-state index in [-0.39, 0.29) is 6.04 Å². The zero-order valence-corrected chi connectivity index (χ0v) is 9.71. The summed E-state index contributed by atoms with van der Waals surface area (Å²) in [5.74, 6) is 5.86. The van der Waals surface area contributed by atoms with E-state index in [1.54, 1.807) is 12.4 Å². The van der Waals surface area contributed by atoms with Crippen LogP contribution in [0.1, 0.15) is 31.4 Å². The Morgan fingerprint density at radius 3 is 3.00 bits per heavy atom. The van der Waals surface area contributed by atoms with Gasteiger partial charge in [0.05, 0.1) is 0 Å². The van der Waals surface area contributed by atoms with E-state index in [0.29, 0.717) is 0 Å². The quantitative estimate of drug-likeness (QED) is 0.841. The Hall–Kier alpha value is -0.850. The molecule has 2 nitrogen and oxygen atoms in total. The second-order valence-electron chi connectivity index (χ2n) is 3.01. The highest BCUT2D eigenvalue weighted by Gasteiger charge is 2.05. The van der Waals surface area contributed by atoms with Gasteiger partial charge in [0.15, 0.2) is 0 Å². The Morgan fingerprint density at radius 1 is 1.57 bits per heavy atom. The lowest BCUT2D eigenvalue weighted by Gasteiger charge is -2.09. The van der Waals surface area contributed by atoms with Gasteiger partial charge in [-0.1, -0.05) is 0 Å². The second kappa shape index (κ2) is 5.79. The maximum Gasteiger partial charge on any atom is 0.0410 e. The number of nitrogens with zero attached hydrogens (tertiary/aromatic N) is 1. The standard InChI is InChI=1S/C11H13BrN2/c1-2-3-4-5-11(13)9-6-10(12)8-14-7-9/h6-8,11H,4-5,13H2,1H3. The van der Waals surface area contributed by atoms with Crippen molar-refractivity contribution in [3.8, 4) is 11.8 Å². The van der Waals surface area contributed by atoms with Crippen LogP contribution in [0.15, 0.2) is 22.9 Å². The summed E-state index contributed by atoms with van der Waals surface area (Å²) < 4.78 is 0.965. The highest BCUT2D eigenvalue weighted by molar-refractivity contribution is 9.10. The SMILES string of the molecule is CC#CCCC(N)c1cncc(Br)c1. The molecule has 1 atom stereocenters. The van der Waals surface area contributed by atoms with Crippen LogP contribution in [0.3, 0.4) is 0 Å². The highest BCUT2D eigenvalue weighted by Crippen LogP contribution is 2.18. The van der Waals surface area contributed by atoms with Gasteiger partial charge in [-0.2, -0.15) is 0 Å². The van der Waals surface area contributed by atoms with Crippen LogP contribution in [0, 0.1) is 11.8 Å². The molecule has 0 spiro atoms. The average Bonchev–Trinajstić information content (AvgIpc) is 2.18. The first-order valence-electron chi connectivity index (χ1n) is 4.49. The van der Waals surface area contributed by atoms with Gasteiger partial charge in [0, 0.05) is 29.3 Å². The van der Waals surface area contributed by atoms with Gasteiger partial charge in [-0.05, 0) is 40.9 Å². The molecule has 0 aromatic carbocycles. The van der Waals surface area contributed by atoms with Gasteiger partial charge in [0.25, 0.3) is 0 Å². The van der Waals surface area contributed by atoms with Gasteiger partial charge < -0.3 is 5.73 Å². The molecule has 0 aliphatic rings. The Bertz CT molecular complexity index is 352. The summed E-state index contributed by atoms with van der Waals surface area (Å²) in [6.07, 6.45) is 5.26. The van der Waals surface area contributed by atoms with E-state index in [2.05, 4.69) is 32.8 Å². The molecular weight excluding hydrogens is 240 g/mol. The molecule has 0 aliphatic carbocycles. The largest absolute Gasteiger partial charge is 0.324 e. The molecule has 0 fully saturated rings. The van der Waals surface area contributed by atoms with Gasteiger partial charge in [0.2, 0.25) is 0 Å². The van der Waals surface area contributed by atoms with Crippen LogP contribution >= 0.6 is 15.9 Å². The molecular formula is C11H13BrN2. The molecule has 0 radical (unpaired) electrons. The zero-order valence-electron chi connectivity index (χ0n) is 8.13. The van der Waals surface area contributed by atoms with E-state index in [0.717, 1.165) is 22.9 Å². The van der Waals surface area contributed by atoms with Crippen LogP contribution in [-0.2, 0) is 0 Å². The molecule has 3 heteroatoms. The van der Waals surface area contributed by atoms with Gasteiger partial charge in [-0.25, -0.2) is 0 Å². The number of hydrogen-bond donors (Lipinski definition) is 1. The van der Waals surface area contributed by atoms with E-state index >= 15 is 0 Å². The maximum atomic E-state index is 5.98. The fourth-order valence-corrected chi connectivity index (χ4v) is 1.53. The lowest BCUT2D eigenvalue weighted by Crippen LogP contribution is -2.10. The van der Waals surface area contributed by atoms with Gasteiger partial charge in [0.1, 0.15) is 0 Å². The summed E-state index contributed by atoms with van der Waals surface area (Å²) in [5, 5.41) is 0. The first kappa shape index (κ1) is 11.2. The molecule has 1 rings (SSSR count). The van der Waals surface area contributed by atoms with Gasteiger partial charge >= 0.3 is 0 Å². The normalized spacial score (nSPS) is 11.6. The minimum atomic E-state index is 0.0286. The number of rotatable bonds is 3. The Kier molecular flexibility index (Phi) is 4.64. The van der Waals surface area contributed by atoms with Crippen molar-refractivity contribution in [3.63, 3.8) is 0 Å². The third-order valence-electron chi connectivity index (χ3n) is 1.91. The smallest absolute Gasteiger partial charge is 0.0410 e. The third-order valence-corrected chi connectivity index (χ3v) is 2.34. The maximum absolute atomic E-state index is 5.98. The zero-order chi connectivity index (χ0) is 10.4. The van der Waals surface area contributed by atoms with Crippen molar-refractivity contribution in [3.05, 3.63) is 28.5 Å². The average molecular weight is 253 g/mol. The van der Waals surface area contributed by atoms with Crippen molar-refractivity contribution >= 4 is 15.9 Å². The summed E-state index contributed by atoms with van der Waals surface area (Å²) in [6, 6.07) is 2.03. The second-order valence-corrected chi connectivity index (χ2v) is 3.92. The third kappa shape index (κ3) is 3.49. The Morgan fingerprint density at radius 2 is 2.36 bits per heavy atom. The molecule has 74 valence electrons. The minimum absolute atomic E-state index is 0.0286. The number of pyridine rings is 1. The van der Waals surface area contributed by atoms with Crippen molar-refractivity contribution in [1.29, 1.82) is 0 Å². The molecule has 14 heavy (non-hydrogen) atoms. The highest BCUT2D eigenvalue weighted by atomic mass is 79.9. The summed E-state index contributed by atoms with van der Waals surface area (Å²) in [4.78, 5) is 4.07. The minimum Gasteiger partial charge on any atom is -0.324 e. The van der Waals surface area contributed by atoms with Crippen LogP contribution < -0.4 is 5.73 Å². The van der Waals surface area contributed by atoms with E-state index in [4.69, 9.17) is 5.73 Å². The first-order valence-corrected chi connectivity index (χ1v) is 5.29. The monoisotopic (exact) mass is 252 g/mol. The van der Waals surface area contributed by atoms with E-state index in [1.807, 2.05) is 13.0 Å². The Labute approximate surface area is 93.0 Å². The predicted molar refractivity (Wildman–Crippen MR) is 61.5 cm³/mol. The number of aromatic nitrogens is 1. The Balaban J connectivity index is 2.58. The van der Waals surface area contributed by atoms with Crippen LogP contribution in [0.25, 0.3) is 0 Å². The van der Waals surface area contributed by atoms with Gasteiger partial charge in [-0.15, -0.1) is 11.8 Å². The molecule has 0 amide bonds. The number of halogens is 1. The molecule has 0 bridgehead atoms. The molecule has 1 aromatic rings. The first-order chi connectivity index (χ1) is 6.74. The number of hydrogen-bond acceptors (Lipinski definition) is 2. The van der Waals surface area contributed by atoms with Crippen LogP contribution in [0.2, 0.25) is 0 Å². The van der Waals surface area contributed by atoms with E-state index < -0.39 is 0 Å². The number of nitrogens with two attached hydrogens (primary N) is 1. The molecule has 2 N–H and O–H groups in total. The molecule has 0 aliphatic heterocycles. The van der Waals surface area contributed by atoms with Crippen molar-refractivity contribution in [2.24, 2.45) is 5.73 Å². The summed E-state index contributed by atoms with van der Waals surface area (Å²) in [5.41, 5.74) is 7.03. The molecule has 0 saturated carbocycles. The summed E-state index contributed by atoms with van der Waals surface area (Å²) in [6.45, 7) is 1.84.